The number of carbonyl (C=O) groups is 1. The van der Waals surface area contributed by atoms with Crippen molar-refractivity contribution >= 4 is 39.7 Å². The van der Waals surface area contributed by atoms with Gasteiger partial charge in [0.2, 0.25) is 0 Å². The molecule has 3 aromatic rings. The molecule has 0 aromatic heterocycles. The largest absolute Gasteiger partial charge is 0.506 e. The zero-order valence-electron chi connectivity index (χ0n) is 13.2. The lowest BCUT2D eigenvalue weighted by Crippen LogP contribution is -2.37. The number of carbonyl (C=O) groups excluding carboxylic acids is 1. The van der Waals surface area contributed by atoms with Crippen molar-refractivity contribution in [2.24, 2.45) is 0 Å². The second kappa shape index (κ2) is 7.63. The van der Waals surface area contributed by atoms with Crippen LogP contribution in [-0.4, -0.2) is 22.7 Å². The first-order valence-electron chi connectivity index (χ1n) is 7.62. The van der Waals surface area contributed by atoms with Gasteiger partial charge in [-0.1, -0.05) is 42.5 Å². The molecule has 0 bridgehead atoms. The molecule has 0 heterocycles. The van der Waals surface area contributed by atoms with E-state index in [9.17, 15) is 9.90 Å². The lowest BCUT2D eigenvalue weighted by atomic mass is 10.1. The summed E-state index contributed by atoms with van der Waals surface area (Å²) in [4.78, 5) is 11.9. The van der Waals surface area contributed by atoms with Crippen molar-refractivity contribution in [1.29, 1.82) is 0 Å². The number of nitrogens with one attached hydrogen (secondary N) is 2. The van der Waals surface area contributed by atoms with E-state index >= 15 is 0 Å². The highest BCUT2D eigenvalue weighted by Gasteiger charge is 2.08. The van der Waals surface area contributed by atoms with Crippen molar-refractivity contribution in [3.63, 3.8) is 0 Å². The first-order valence-corrected chi connectivity index (χ1v) is 8.03. The summed E-state index contributed by atoms with van der Waals surface area (Å²) in [5.74, 6) is 0.265. The average Bonchev–Trinajstić information content (AvgIpc) is 2.62. The van der Waals surface area contributed by atoms with Crippen molar-refractivity contribution in [1.82, 2.24) is 5.32 Å². The van der Waals surface area contributed by atoms with Gasteiger partial charge in [0.1, 0.15) is 11.5 Å². The second-order valence-corrected chi connectivity index (χ2v) is 5.73. The number of rotatable bonds is 4. The number of phenolic OH excluding ortho intramolecular Hbond substituents is 1. The molecule has 0 unspecified atom stereocenters. The van der Waals surface area contributed by atoms with Gasteiger partial charge in [0.25, 0.3) is 5.91 Å². The Balaban J connectivity index is 1.53. The summed E-state index contributed by atoms with van der Waals surface area (Å²) in [6.07, 6.45) is 0. The fourth-order valence-electron chi connectivity index (χ4n) is 2.30. The molecule has 0 atom stereocenters. The predicted octanol–water partition coefficient (Wildman–Crippen LogP) is 3.44. The van der Waals surface area contributed by atoms with Crippen LogP contribution in [0.25, 0.3) is 10.8 Å². The number of ether oxygens (including phenoxy) is 1. The Morgan fingerprint density at radius 1 is 1.00 bits per heavy atom. The van der Waals surface area contributed by atoms with E-state index in [-0.39, 0.29) is 23.4 Å². The van der Waals surface area contributed by atoms with Gasteiger partial charge in [-0.2, -0.15) is 0 Å². The molecule has 126 valence electrons. The van der Waals surface area contributed by atoms with E-state index in [1.807, 2.05) is 42.5 Å². The molecule has 0 saturated carbocycles. The number of amides is 1. The molecular formula is C19H16N2O3S. The Bertz CT molecular complexity index is 927. The van der Waals surface area contributed by atoms with E-state index in [0.29, 0.717) is 11.4 Å². The van der Waals surface area contributed by atoms with Crippen molar-refractivity contribution in [2.75, 3.05) is 11.9 Å². The molecule has 0 aliphatic heterocycles. The number of hydrogen-bond donors (Lipinski definition) is 3. The molecule has 0 radical (unpaired) electrons. The van der Waals surface area contributed by atoms with Crippen LogP contribution < -0.4 is 15.4 Å². The van der Waals surface area contributed by atoms with Crippen molar-refractivity contribution in [2.45, 2.75) is 0 Å². The highest BCUT2D eigenvalue weighted by atomic mass is 32.1. The molecule has 0 aliphatic rings. The quantitative estimate of drug-likeness (QED) is 0.496. The number of fused-ring (bicyclic) bond motifs is 1. The number of anilines is 1. The molecule has 0 aliphatic carbocycles. The van der Waals surface area contributed by atoms with E-state index < -0.39 is 0 Å². The van der Waals surface area contributed by atoms with Crippen LogP contribution >= 0.6 is 12.2 Å². The molecule has 1 amide bonds. The van der Waals surface area contributed by atoms with Gasteiger partial charge in [0, 0.05) is 0 Å². The Labute approximate surface area is 150 Å². The van der Waals surface area contributed by atoms with Gasteiger partial charge in [0.15, 0.2) is 11.7 Å². The Morgan fingerprint density at radius 2 is 1.72 bits per heavy atom. The predicted molar refractivity (Wildman–Crippen MR) is 102 cm³/mol. The van der Waals surface area contributed by atoms with Gasteiger partial charge in [-0.3, -0.25) is 10.1 Å². The van der Waals surface area contributed by atoms with Gasteiger partial charge < -0.3 is 15.2 Å². The third kappa shape index (κ3) is 4.45. The minimum atomic E-state index is -0.388. The molecule has 5 nitrogen and oxygen atoms in total. The summed E-state index contributed by atoms with van der Waals surface area (Å²) in [6.45, 7) is -0.166. The SMILES string of the molecule is O=C(COc1ccc2ccccc2c1)NC(=S)Nc1ccccc1O. The zero-order chi connectivity index (χ0) is 17.6. The first kappa shape index (κ1) is 16.7. The van der Waals surface area contributed by atoms with Crippen LogP contribution in [0.1, 0.15) is 0 Å². The maximum absolute atomic E-state index is 11.9. The normalized spacial score (nSPS) is 10.2. The maximum Gasteiger partial charge on any atom is 0.264 e. The molecule has 6 heteroatoms. The van der Waals surface area contributed by atoms with E-state index in [1.165, 1.54) is 6.07 Å². The van der Waals surface area contributed by atoms with Crippen molar-refractivity contribution < 1.29 is 14.6 Å². The van der Waals surface area contributed by atoms with E-state index in [2.05, 4.69) is 10.6 Å². The molecule has 3 aromatic carbocycles. The van der Waals surface area contributed by atoms with Crippen molar-refractivity contribution in [3.8, 4) is 11.5 Å². The third-order valence-electron chi connectivity index (χ3n) is 3.50. The third-order valence-corrected chi connectivity index (χ3v) is 3.70. The topological polar surface area (TPSA) is 70.6 Å². The number of para-hydroxylation sites is 2. The summed E-state index contributed by atoms with van der Waals surface area (Å²) in [5.41, 5.74) is 0.420. The summed E-state index contributed by atoms with van der Waals surface area (Å²) in [5, 5.41) is 17.2. The summed E-state index contributed by atoms with van der Waals surface area (Å²) in [6, 6.07) is 20.1. The monoisotopic (exact) mass is 352 g/mol. The molecule has 3 rings (SSSR count). The highest BCUT2D eigenvalue weighted by Crippen LogP contribution is 2.21. The Hall–Kier alpha value is -3.12. The number of hydrogen-bond acceptors (Lipinski definition) is 4. The van der Waals surface area contributed by atoms with E-state index in [4.69, 9.17) is 17.0 Å². The van der Waals surface area contributed by atoms with E-state index in [1.54, 1.807) is 18.2 Å². The summed E-state index contributed by atoms with van der Waals surface area (Å²) in [7, 11) is 0. The van der Waals surface area contributed by atoms with Gasteiger partial charge in [-0.15, -0.1) is 0 Å². The average molecular weight is 352 g/mol. The highest BCUT2D eigenvalue weighted by molar-refractivity contribution is 7.80. The smallest absolute Gasteiger partial charge is 0.264 e. The van der Waals surface area contributed by atoms with Crippen LogP contribution in [0.15, 0.2) is 66.7 Å². The minimum absolute atomic E-state index is 0.0477. The molecule has 0 fully saturated rings. The number of phenols is 1. The number of benzene rings is 3. The maximum atomic E-state index is 11.9. The van der Waals surface area contributed by atoms with Crippen LogP contribution in [-0.2, 0) is 4.79 Å². The fraction of sp³-hybridized carbons (Fsp3) is 0.0526. The van der Waals surface area contributed by atoms with Crippen LogP contribution in [0.4, 0.5) is 5.69 Å². The van der Waals surface area contributed by atoms with Crippen LogP contribution in [0, 0.1) is 0 Å². The lowest BCUT2D eigenvalue weighted by Gasteiger charge is -2.11. The molecule has 0 spiro atoms. The van der Waals surface area contributed by atoms with E-state index in [0.717, 1.165) is 10.8 Å². The molecular weight excluding hydrogens is 336 g/mol. The van der Waals surface area contributed by atoms with Gasteiger partial charge in [-0.05, 0) is 47.3 Å². The number of aromatic hydroxyl groups is 1. The first-order chi connectivity index (χ1) is 12.1. The van der Waals surface area contributed by atoms with Gasteiger partial charge >= 0.3 is 0 Å². The molecule has 0 saturated heterocycles. The van der Waals surface area contributed by atoms with Gasteiger partial charge in [-0.25, -0.2) is 0 Å². The van der Waals surface area contributed by atoms with Crippen molar-refractivity contribution in [3.05, 3.63) is 66.7 Å². The Morgan fingerprint density at radius 3 is 2.52 bits per heavy atom. The van der Waals surface area contributed by atoms with Gasteiger partial charge in [0.05, 0.1) is 5.69 Å². The second-order valence-electron chi connectivity index (χ2n) is 5.32. The molecule has 25 heavy (non-hydrogen) atoms. The summed E-state index contributed by atoms with van der Waals surface area (Å²) < 4.78 is 5.50. The summed E-state index contributed by atoms with van der Waals surface area (Å²) >= 11 is 5.06. The standard InChI is InChI=1S/C19H16N2O3S/c22-17-8-4-3-7-16(17)20-19(25)21-18(23)12-24-15-10-9-13-5-1-2-6-14(13)11-15/h1-11,22H,12H2,(H2,20,21,23,25). The van der Waals surface area contributed by atoms with Crippen LogP contribution in [0.3, 0.4) is 0 Å². The lowest BCUT2D eigenvalue weighted by molar-refractivity contribution is -0.121. The number of thiocarbonyl (C=S) groups is 1. The minimum Gasteiger partial charge on any atom is -0.506 e. The van der Waals surface area contributed by atoms with Crippen LogP contribution in [0.2, 0.25) is 0 Å². The Kier molecular flexibility index (Phi) is 5.11. The zero-order valence-corrected chi connectivity index (χ0v) is 14.0. The molecule has 3 N–H and O–H groups in total. The van der Waals surface area contributed by atoms with Crippen LogP contribution in [0.5, 0.6) is 11.5 Å². The fourth-order valence-corrected chi connectivity index (χ4v) is 2.53.